The molecule has 0 saturated carbocycles. The fraction of sp³-hybridized carbons (Fsp3) is 0.426. The molecule has 3 fully saturated rings. The van der Waals surface area contributed by atoms with Gasteiger partial charge in [0, 0.05) is 99.2 Å². The number of benzene rings is 2. The van der Waals surface area contributed by atoms with Crippen molar-refractivity contribution in [2.45, 2.75) is 82.5 Å². The highest BCUT2D eigenvalue weighted by Crippen LogP contribution is 2.42. The SMILES string of the molecule is CCC(c1cccc(-c2nc(C(C)(C)C)sc2-c2ccnc(Nc3cccc(OC4CCN(C(=O)CN5CCN(c6cc(C7CCC(=O)NC7=O)ccn6)CC5)CC4)c3)n2)c1F)S(N)(=O)=O. The Morgan fingerprint density at radius 2 is 1.71 bits per heavy atom. The van der Waals surface area contributed by atoms with Crippen molar-refractivity contribution < 1.29 is 31.9 Å². The number of aromatic nitrogens is 4. The third-order valence-corrected chi connectivity index (χ3v) is 15.1. The topological polar surface area (TPSA) is 206 Å². The minimum atomic E-state index is -4.07. The second-order valence-electron chi connectivity index (χ2n) is 18.0. The number of carbonyl (C=O) groups excluding carboxylic acids is 3. The summed E-state index contributed by atoms with van der Waals surface area (Å²) in [7, 11) is -4.07. The van der Waals surface area contributed by atoms with Crippen LogP contribution >= 0.6 is 11.3 Å². The van der Waals surface area contributed by atoms with Crippen molar-refractivity contribution in [1.82, 2.24) is 35.1 Å². The number of piperidine rings is 2. The fourth-order valence-electron chi connectivity index (χ4n) is 8.61. The van der Waals surface area contributed by atoms with Gasteiger partial charge in [-0.2, -0.15) is 0 Å². The highest BCUT2D eigenvalue weighted by Gasteiger charge is 2.32. The minimum Gasteiger partial charge on any atom is -0.490 e. The van der Waals surface area contributed by atoms with E-state index in [2.05, 4.69) is 30.4 Å². The number of hydrogen-bond acceptors (Lipinski definition) is 14. The Kier molecular flexibility index (Phi) is 13.8. The molecule has 0 spiro atoms. The Labute approximate surface area is 388 Å². The lowest BCUT2D eigenvalue weighted by atomic mass is 9.91. The lowest BCUT2D eigenvalue weighted by Crippen LogP contribution is -2.51. The van der Waals surface area contributed by atoms with Crippen molar-refractivity contribution in [1.29, 1.82) is 0 Å². The monoisotopic (exact) mass is 938 g/mol. The molecule has 16 nitrogen and oxygen atoms in total. The Morgan fingerprint density at radius 1 is 0.970 bits per heavy atom. The minimum absolute atomic E-state index is 0.00472. The smallest absolute Gasteiger partial charge is 0.236 e. The summed E-state index contributed by atoms with van der Waals surface area (Å²) in [5, 5.41) is 10.8. The summed E-state index contributed by atoms with van der Waals surface area (Å²) >= 11 is 1.39. The predicted molar refractivity (Wildman–Crippen MR) is 251 cm³/mol. The van der Waals surface area contributed by atoms with E-state index in [1.54, 1.807) is 37.5 Å². The van der Waals surface area contributed by atoms with Crippen molar-refractivity contribution in [2.24, 2.45) is 5.14 Å². The van der Waals surface area contributed by atoms with Crippen molar-refractivity contribution in [2.75, 3.05) is 56.0 Å². The van der Waals surface area contributed by atoms with Gasteiger partial charge in [0.15, 0.2) is 0 Å². The van der Waals surface area contributed by atoms with E-state index in [1.165, 1.54) is 17.4 Å². The number of nitrogens with two attached hydrogens (primary N) is 1. The van der Waals surface area contributed by atoms with Crippen LogP contribution in [0.25, 0.3) is 21.8 Å². The molecule has 3 aromatic heterocycles. The summed E-state index contributed by atoms with van der Waals surface area (Å²) in [5.41, 5.74) is 2.20. The van der Waals surface area contributed by atoms with E-state index in [9.17, 15) is 22.8 Å². The van der Waals surface area contributed by atoms with E-state index in [0.717, 1.165) is 16.4 Å². The van der Waals surface area contributed by atoms with Gasteiger partial charge in [-0.15, -0.1) is 11.3 Å². The predicted octanol–water partition coefficient (Wildman–Crippen LogP) is 6.29. The molecule has 0 aliphatic carbocycles. The normalized spacial score (nSPS) is 18.2. The molecule has 3 aliphatic rings. The number of nitrogens with zero attached hydrogens (tertiary/aromatic N) is 7. The maximum absolute atomic E-state index is 16.3. The largest absolute Gasteiger partial charge is 0.490 e. The van der Waals surface area contributed by atoms with Crippen LogP contribution in [0.2, 0.25) is 0 Å². The van der Waals surface area contributed by atoms with E-state index in [4.69, 9.17) is 19.8 Å². The summed E-state index contributed by atoms with van der Waals surface area (Å²) < 4.78 is 47.5. The number of ether oxygens (including phenoxy) is 1. The number of likely N-dealkylation sites (tertiary alicyclic amines) is 1. The molecule has 5 aromatic rings. The van der Waals surface area contributed by atoms with E-state index in [1.807, 2.05) is 62.1 Å². The highest BCUT2D eigenvalue weighted by molar-refractivity contribution is 7.89. The molecular weight excluding hydrogens is 884 g/mol. The molecule has 66 heavy (non-hydrogen) atoms. The molecule has 0 radical (unpaired) electrons. The average Bonchev–Trinajstić information content (AvgIpc) is 3.74. The number of nitrogens with one attached hydrogen (secondary N) is 2. The molecule has 2 aromatic carbocycles. The molecule has 3 amide bonds. The van der Waals surface area contributed by atoms with Crippen LogP contribution in [0.5, 0.6) is 5.75 Å². The molecule has 348 valence electrons. The number of primary sulfonamides is 1. The van der Waals surface area contributed by atoms with Crippen LogP contribution in [0.15, 0.2) is 73.1 Å². The zero-order chi connectivity index (χ0) is 46.8. The van der Waals surface area contributed by atoms with E-state index in [0.29, 0.717) is 105 Å². The molecule has 3 saturated heterocycles. The van der Waals surface area contributed by atoms with Crippen LogP contribution in [-0.2, 0) is 29.8 Å². The molecule has 19 heteroatoms. The van der Waals surface area contributed by atoms with Crippen molar-refractivity contribution in [3.63, 3.8) is 0 Å². The summed E-state index contributed by atoms with van der Waals surface area (Å²) in [6, 6.07) is 17.7. The van der Waals surface area contributed by atoms with E-state index < -0.39 is 21.1 Å². The zero-order valence-electron chi connectivity index (χ0n) is 37.5. The molecule has 0 bridgehead atoms. The maximum Gasteiger partial charge on any atom is 0.236 e. The second-order valence-corrected chi connectivity index (χ2v) is 20.7. The number of sulfonamides is 1. The molecule has 8 rings (SSSR count). The van der Waals surface area contributed by atoms with Crippen LogP contribution in [0.3, 0.4) is 0 Å². The van der Waals surface area contributed by atoms with Gasteiger partial charge < -0.3 is 19.9 Å². The summed E-state index contributed by atoms with van der Waals surface area (Å²) in [6.45, 7) is 12.1. The number of amides is 3. The van der Waals surface area contributed by atoms with Crippen molar-refractivity contribution in [3.05, 3.63) is 95.0 Å². The van der Waals surface area contributed by atoms with Crippen LogP contribution in [-0.4, -0.2) is 108 Å². The fourth-order valence-corrected chi connectivity index (χ4v) is 10.7. The van der Waals surface area contributed by atoms with Gasteiger partial charge in [0.1, 0.15) is 28.7 Å². The first kappa shape index (κ1) is 46.6. The summed E-state index contributed by atoms with van der Waals surface area (Å²) in [4.78, 5) is 63.1. The Bertz CT molecular complexity index is 2710. The summed E-state index contributed by atoms with van der Waals surface area (Å²) in [5.74, 6) is 0.299. The number of halogens is 1. The van der Waals surface area contributed by atoms with E-state index >= 15 is 4.39 Å². The lowest BCUT2D eigenvalue weighted by Gasteiger charge is -2.37. The number of anilines is 3. The van der Waals surface area contributed by atoms with E-state index in [-0.39, 0.29) is 52.7 Å². The van der Waals surface area contributed by atoms with Gasteiger partial charge in [0.25, 0.3) is 0 Å². The van der Waals surface area contributed by atoms with Crippen molar-refractivity contribution >= 4 is 56.5 Å². The summed E-state index contributed by atoms with van der Waals surface area (Å²) in [6.07, 6.45) is 5.55. The molecule has 6 heterocycles. The first-order chi connectivity index (χ1) is 31.5. The molecule has 4 N–H and O–H groups in total. The van der Waals surface area contributed by atoms with Crippen LogP contribution in [0.1, 0.15) is 87.1 Å². The van der Waals surface area contributed by atoms with Gasteiger partial charge in [-0.25, -0.2) is 37.9 Å². The van der Waals surface area contributed by atoms with Crippen LogP contribution in [0, 0.1) is 5.82 Å². The number of hydrogen-bond donors (Lipinski definition) is 3. The van der Waals surface area contributed by atoms with Crippen LogP contribution in [0.4, 0.5) is 21.8 Å². The van der Waals surface area contributed by atoms with Crippen molar-refractivity contribution in [3.8, 4) is 27.6 Å². The van der Waals surface area contributed by atoms with Crippen LogP contribution < -0.4 is 25.4 Å². The number of pyridine rings is 1. The molecule has 2 unspecified atom stereocenters. The molecule has 2 atom stereocenters. The third kappa shape index (κ3) is 10.7. The average molecular weight is 939 g/mol. The standard InChI is InChI=1S/C47H55FN10O6S2/c1-5-37(66(49,62)63)34-10-7-11-35(41(34)48)42-43(65-45(55-42)47(2,3)4)36-15-19-51-46(53-36)52-30-8-6-9-32(27-30)64-31-16-20-58(21-17-31)40(60)28-56-22-24-57(25-23-56)38-26-29(14-18-50-38)33-12-13-39(59)54-44(33)61/h6-11,14-15,18-19,26-27,31,33,37H,5,12-13,16-17,20-25,28H2,1-4H3,(H2,49,62,63)(H,51,52,53)(H,54,59,61). The van der Waals surface area contributed by atoms with Gasteiger partial charge in [-0.1, -0.05) is 45.9 Å². The van der Waals surface area contributed by atoms with Gasteiger partial charge in [0.05, 0.1) is 33.7 Å². The van der Waals surface area contributed by atoms with Gasteiger partial charge in [-0.05, 0) is 54.8 Å². The zero-order valence-corrected chi connectivity index (χ0v) is 39.1. The first-order valence-corrected chi connectivity index (χ1v) is 24.7. The highest BCUT2D eigenvalue weighted by atomic mass is 32.2. The Morgan fingerprint density at radius 3 is 2.42 bits per heavy atom. The number of carbonyl (C=O) groups is 3. The van der Waals surface area contributed by atoms with Gasteiger partial charge in [-0.3, -0.25) is 24.6 Å². The first-order valence-electron chi connectivity index (χ1n) is 22.3. The number of imide groups is 1. The Balaban J connectivity index is 0.860. The molecular formula is C47H55FN10O6S2. The Hall–Kier alpha value is -5.89. The number of rotatable bonds is 13. The number of piperazine rings is 1. The lowest BCUT2D eigenvalue weighted by molar-refractivity contribution is -0.135. The second kappa shape index (κ2) is 19.5. The molecule has 3 aliphatic heterocycles. The number of thiazole rings is 1. The van der Waals surface area contributed by atoms with Gasteiger partial charge in [0.2, 0.25) is 33.7 Å². The maximum atomic E-state index is 16.3. The third-order valence-electron chi connectivity index (χ3n) is 12.2. The van der Waals surface area contributed by atoms with Gasteiger partial charge >= 0.3 is 0 Å². The quantitative estimate of drug-likeness (QED) is 0.111.